The molecule has 0 aliphatic heterocycles. The molecule has 23 heavy (non-hydrogen) atoms. The molecular formula is C16H24ClIN4O. The van der Waals surface area contributed by atoms with Crippen LogP contribution in [0.5, 0.6) is 0 Å². The molecule has 1 aromatic rings. The van der Waals surface area contributed by atoms with Gasteiger partial charge in [0, 0.05) is 19.5 Å². The van der Waals surface area contributed by atoms with E-state index in [-0.39, 0.29) is 29.9 Å². The van der Waals surface area contributed by atoms with Crippen molar-refractivity contribution >= 4 is 53.1 Å². The van der Waals surface area contributed by atoms with Crippen LogP contribution in [0, 0.1) is 12.8 Å². The highest BCUT2D eigenvalue weighted by molar-refractivity contribution is 14.0. The molecule has 0 saturated heterocycles. The number of nitrogens with zero attached hydrogens (tertiary/aromatic N) is 1. The second-order valence-corrected chi connectivity index (χ2v) is 6.14. The number of hydrogen-bond acceptors (Lipinski definition) is 2. The zero-order chi connectivity index (χ0) is 15.9. The van der Waals surface area contributed by atoms with Gasteiger partial charge < -0.3 is 16.4 Å². The second kappa shape index (κ2) is 9.97. The molecule has 0 heterocycles. The summed E-state index contributed by atoms with van der Waals surface area (Å²) in [4.78, 5) is 16.1. The van der Waals surface area contributed by atoms with E-state index in [0.29, 0.717) is 35.6 Å². The number of rotatable bonds is 6. The topological polar surface area (TPSA) is 79.5 Å². The Balaban J connectivity index is 0.00000264. The molecule has 1 fully saturated rings. The zero-order valence-electron chi connectivity index (χ0n) is 13.3. The lowest BCUT2D eigenvalue weighted by molar-refractivity contribution is -0.116. The van der Waals surface area contributed by atoms with Crippen LogP contribution in [0.25, 0.3) is 0 Å². The van der Waals surface area contributed by atoms with Crippen LogP contribution >= 0.6 is 35.6 Å². The first-order valence-corrected chi connectivity index (χ1v) is 8.02. The lowest BCUT2D eigenvalue weighted by Gasteiger charge is -2.23. The number of benzene rings is 1. The average Bonchev–Trinajstić information content (AvgIpc) is 2.40. The lowest BCUT2D eigenvalue weighted by Crippen LogP contribution is -2.34. The predicted octanol–water partition coefficient (Wildman–Crippen LogP) is 3.30. The summed E-state index contributed by atoms with van der Waals surface area (Å²) in [5.41, 5.74) is 7.45. The third kappa shape index (κ3) is 6.95. The molecule has 1 aromatic carbocycles. The molecule has 5 nitrogen and oxygen atoms in total. The minimum absolute atomic E-state index is 0. The first-order valence-electron chi connectivity index (χ1n) is 7.64. The van der Waals surface area contributed by atoms with Crippen molar-refractivity contribution in [2.45, 2.75) is 32.6 Å². The fraction of sp³-hybridized carbons (Fsp3) is 0.500. The Morgan fingerprint density at radius 2 is 2.17 bits per heavy atom. The van der Waals surface area contributed by atoms with E-state index in [0.717, 1.165) is 12.1 Å². The van der Waals surface area contributed by atoms with E-state index in [9.17, 15) is 4.79 Å². The van der Waals surface area contributed by atoms with E-state index in [4.69, 9.17) is 17.3 Å². The molecule has 4 N–H and O–H groups in total. The summed E-state index contributed by atoms with van der Waals surface area (Å²) < 4.78 is 0. The molecule has 1 aliphatic rings. The minimum atomic E-state index is -0.106. The molecule has 1 aliphatic carbocycles. The van der Waals surface area contributed by atoms with Crippen LogP contribution in [-0.4, -0.2) is 25.0 Å². The van der Waals surface area contributed by atoms with Gasteiger partial charge in [-0.3, -0.25) is 9.79 Å². The van der Waals surface area contributed by atoms with E-state index >= 15 is 0 Å². The normalized spacial score (nSPS) is 14.6. The fourth-order valence-corrected chi connectivity index (χ4v) is 2.48. The monoisotopic (exact) mass is 450 g/mol. The quantitative estimate of drug-likeness (QED) is 0.353. The first kappa shape index (κ1) is 20.0. The van der Waals surface area contributed by atoms with Gasteiger partial charge >= 0.3 is 0 Å². The van der Waals surface area contributed by atoms with Crippen LogP contribution in [0.3, 0.4) is 0 Å². The molecule has 0 radical (unpaired) electrons. The van der Waals surface area contributed by atoms with Gasteiger partial charge in [0.25, 0.3) is 0 Å². The highest BCUT2D eigenvalue weighted by Crippen LogP contribution is 2.26. The maximum Gasteiger partial charge on any atom is 0.226 e. The molecule has 1 amide bonds. The van der Waals surface area contributed by atoms with Gasteiger partial charge in [0.2, 0.25) is 5.91 Å². The summed E-state index contributed by atoms with van der Waals surface area (Å²) in [5.74, 6) is 0.991. The molecule has 0 atom stereocenters. The molecule has 0 spiro atoms. The van der Waals surface area contributed by atoms with Gasteiger partial charge in [0.15, 0.2) is 5.96 Å². The number of aliphatic imine (C=N–C) groups is 1. The summed E-state index contributed by atoms with van der Waals surface area (Å²) in [6.45, 7) is 3.19. The van der Waals surface area contributed by atoms with Gasteiger partial charge in [-0.05, 0) is 43.4 Å². The van der Waals surface area contributed by atoms with Gasteiger partial charge in [-0.1, -0.05) is 24.1 Å². The predicted molar refractivity (Wildman–Crippen MR) is 107 cm³/mol. The number of nitrogens with two attached hydrogens (primary N) is 1. The fourth-order valence-electron chi connectivity index (χ4n) is 2.20. The van der Waals surface area contributed by atoms with Crippen molar-refractivity contribution in [3.63, 3.8) is 0 Å². The van der Waals surface area contributed by atoms with Crippen LogP contribution in [0.15, 0.2) is 23.2 Å². The van der Waals surface area contributed by atoms with Crippen LogP contribution in [0.4, 0.5) is 5.69 Å². The Morgan fingerprint density at radius 1 is 1.43 bits per heavy atom. The summed E-state index contributed by atoms with van der Waals surface area (Å²) in [6, 6.07) is 5.53. The molecule has 0 unspecified atom stereocenters. The number of aryl methyl sites for hydroxylation is 1. The highest BCUT2D eigenvalue weighted by atomic mass is 127. The standard InChI is InChI=1S/C16H23ClN4O.HI/c1-11-5-6-14(13(17)9-11)21-15(22)7-8-19-16(18)20-10-12-3-2-4-12;/h5-6,9,12H,2-4,7-8,10H2,1H3,(H,21,22)(H3,18,19,20);1H. The average molecular weight is 451 g/mol. The van der Waals surface area contributed by atoms with Gasteiger partial charge in [-0.25, -0.2) is 0 Å². The van der Waals surface area contributed by atoms with E-state index in [1.54, 1.807) is 6.07 Å². The third-order valence-corrected chi connectivity index (χ3v) is 4.11. The van der Waals surface area contributed by atoms with Crippen LogP contribution in [-0.2, 0) is 4.79 Å². The second-order valence-electron chi connectivity index (χ2n) is 5.73. The summed E-state index contributed by atoms with van der Waals surface area (Å²) >= 11 is 6.08. The van der Waals surface area contributed by atoms with Crippen LogP contribution in [0.1, 0.15) is 31.2 Å². The maximum absolute atomic E-state index is 11.9. The van der Waals surface area contributed by atoms with E-state index in [1.807, 2.05) is 19.1 Å². The molecular weight excluding hydrogens is 427 g/mol. The number of carbonyl (C=O) groups is 1. The number of hydrogen-bond donors (Lipinski definition) is 3. The molecule has 0 bridgehead atoms. The van der Waals surface area contributed by atoms with E-state index in [2.05, 4.69) is 15.6 Å². The van der Waals surface area contributed by atoms with Crippen molar-refractivity contribution in [3.8, 4) is 0 Å². The summed E-state index contributed by atoms with van der Waals surface area (Å²) in [6.07, 6.45) is 4.10. The number of halogens is 2. The van der Waals surface area contributed by atoms with Gasteiger partial charge in [-0.15, -0.1) is 24.0 Å². The summed E-state index contributed by atoms with van der Waals surface area (Å²) in [7, 11) is 0. The Labute approximate surface area is 159 Å². The van der Waals surface area contributed by atoms with E-state index < -0.39 is 0 Å². The zero-order valence-corrected chi connectivity index (χ0v) is 16.4. The van der Waals surface area contributed by atoms with Crippen molar-refractivity contribution in [3.05, 3.63) is 28.8 Å². The van der Waals surface area contributed by atoms with Gasteiger partial charge in [0.05, 0.1) is 10.7 Å². The number of nitrogens with one attached hydrogen (secondary N) is 2. The van der Waals surface area contributed by atoms with E-state index in [1.165, 1.54) is 19.3 Å². The molecule has 128 valence electrons. The van der Waals surface area contributed by atoms with Crippen molar-refractivity contribution in [1.29, 1.82) is 0 Å². The number of guanidine groups is 1. The molecule has 7 heteroatoms. The minimum Gasteiger partial charge on any atom is -0.370 e. The SMILES string of the molecule is Cc1ccc(NC(=O)CCNC(N)=NCC2CCC2)c(Cl)c1.I. The summed E-state index contributed by atoms with van der Waals surface area (Å²) in [5, 5.41) is 6.29. The molecule has 2 rings (SSSR count). The molecule has 1 saturated carbocycles. The Kier molecular flexibility index (Phi) is 8.68. The van der Waals surface area contributed by atoms with Gasteiger partial charge in [-0.2, -0.15) is 0 Å². The smallest absolute Gasteiger partial charge is 0.226 e. The van der Waals surface area contributed by atoms with Crippen LogP contribution in [0.2, 0.25) is 5.02 Å². The number of amides is 1. The molecule has 0 aromatic heterocycles. The van der Waals surface area contributed by atoms with Gasteiger partial charge in [0.1, 0.15) is 0 Å². The maximum atomic E-state index is 11.9. The lowest BCUT2D eigenvalue weighted by atomic mass is 9.86. The Morgan fingerprint density at radius 3 is 2.78 bits per heavy atom. The first-order chi connectivity index (χ1) is 10.5. The Hall–Kier alpha value is -1.02. The highest BCUT2D eigenvalue weighted by Gasteiger charge is 2.16. The van der Waals surface area contributed by atoms with Crippen molar-refractivity contribution in [2.24, 2.45) is 16.6 Å². The largest absolute Gasteiger partial charge is 0.370 e. The number of carbonyl (C=O) groups excluding carboxylic acids is 1. The van der Waals surface area contributed by atoms with Crippen molar-refractivity contribution < 1.29 is 4.79 Å². The number of anilines is 1. The Bertz CT molecular complexity index is 561. The third-order valence-electron chi connectivity index (χ3n) is 3.80. The van der Waals surface area contributed by atoms with Crippen molar-refractivity contribution in [1.82, 2.24) is 5.32 Å². The van der Waals surface area contributed by atoms with Crippen molar-refractivity contribution in [2.75, 3.05) is 18.4 Å². The van der Waals surface area contributed by atoms with Crippen LogP contribution < -0.4 is 16.4 Å².